The Bertz CT molecular complexity index is 1490. The molecule has 4 rings (SSSR count). The fourth-order valence-electron chi connectivity index (χ4n) is 3.19. The summed E-state index contributed by atoms with van der Waals surface area (Å²) >= 11 is 7.40. The molecule has 0 spiro atoms. The molecule has 0 atom stereocenters. The topological polar surface area (TPSA) is 110 Å². The maximum absolute atomic E-state index is 13.4. The van der Waals surface area contributed by atoms with Crippen LogP contribution in [0.2, 0.25) is 5.02 Å². The van der Waals surface area contributed by atoms with Gasteiger partial charge < -0.3 is 10.1 Å². The number of rotatable bonds is 8. The number of amides is 1. The number of hydrogen-bond donors (Lipinski definition) is 2. The van der Waals surface area contributed by atoms with Gasteiger partial charge in [0.25, 0.3) is 5.91 Å². The van der Waals surface area contributed by atoms with Crippen LogP contribution in [0, 0.1) is 5.82 Å². The standard InChI is InChI=1S/C23H18ClFN4O4S2/c1-35(31,32)29-18-7-15(24)6-17(8-18)28-23(30)20-13-34-12-19(20)22-21(3-2-4-27-22)33-11-14-5-16(25)10-26-9-14/h2-10,12-13,29H,11H2,1H3,(H,28,30). The van der Waals surface area contributed by atoms with Crippen LogP contribution in [0.1, 0.15) is 15.9 Å². The van der Waals surface area contributed by atoms with E-state index in [-0.39, 0.29) is 17.3 Å². The van der Waals surface area contributed by atoms with E-state index in [4.69, 9.17) is 16.3 Å². The van der Waals surface area contributed by atoms with Crippen LogP contribution in [0.5, 0.6) is 5.75 Å². The summed E-state index contributed by atoms with van der Waals surface area (Å²) in [5.74, 6) is -0.503. The van der Waals surface area contributed by atoms with E-state index in [1.807, 2.05) is 0 Å². The van der Waals surface area contributed by atoms with Gasteiger partial charge in [-0.1, -0.05) is 11.6 Å². The highest BCUT2D eigenvalue weighted by atomic mass is 35.5. The van der Waals surface area contributed by atoms with Crippen molar-refractivity contribution < 1.29 is 22.3 Å². The summed E-state index contributed by atoms with van der Waals surface area (Å²) in [5, 5.41) is 6.41. The Kier molecular flexibility index (Phi) is 7.29. The smallest absolute Gasteiger partial charge is 0.257 e. The second-order valence-corrected chi connectivity index (χ2v) is 10.3. The lowest BCUT2D eigenvalue weighted by Crippen LogP contribution is -2.13. The van der Waals surface area contributed by atoms with E-state index in [0.717, 1.165) is 12.5 Å². The monoisotopic (exact) mass is 532 g/mol. The van der Waals surface area contributed by atoms with Gasteiger partial charge in [-0.2, -0.15) is 11.3 Å². The maximum Gasteiger partial charge on any atom is 0.257 e. The van der Waals surface area contributed by atoms with Crippen molar-refractivity contribution in [3.63, 3.8) is 0 Å². The maximum atomic E-state index is 13.4. The van der Waals surface area contributed by atoms with E-state index in [1.165, 1.54) is 41.8 Å². The lowest BCUT2D eigenvalue weighted by atomic mass is 10.1. The zero-order valence-electron chi connectivity index (χ0n) is 18.2. The Labute approximate surface area is 209 Å². The Hall–Kier alpha value is -3.54. The van der Waals surface area contributed by atoms with Crippen LogP contribution < -0.4 is 14.8 Å². The quantitative estimate of drug-likeness (QED) is 0.323. The molecular formula is C23H18ClFN4O4S2. The number of sulfonamides is 1. The van der Waals surface area contributed by atoms with Gasteiger partial charge in [0.15, 0.2) is 0 Å². The van der Waals surface area contributed by atoms with Crippen molar-refractivity contribution in [2.75, 3.05) is 16.3 Å². The van der Waals surface area contributed by atoms with Crippen molar-refractivity contribution in [1.29, 1.82) is 0 Å². The largest absolute Gasteiger partial charge is 0.487 e. The number of hydrogen-bond acceptors (Lipinski definition) is 7. The minimum atomic E-state index is -3.52. The van der Waals surface area contributed by atoms with Gasteiger partial charge in [-0.25, -0.2) is 12.8 Å². The van der Waals surface area contributed by atoms with Gasteiger partial charge in [0, 0.05) is 45.0 Å². The van der Waals surface area contributed by atoms with E-state index < -0.39 is 21.7 Å². The number of ether oxygens (including phenoxy) is 1. The normalized spacial score (nSPS) is 11.2. The number of thiophene rings is 1. The average molecular weight is 533 g/mol. The summed E-state index contributed by atoms with van der Waals surface area (Å²) in [6.45, 7) is 0.0632. The lowest BCUT2D eigenvalue weighted by molar-refractivity contribution is 0.102. The van der Waals surface area contributed by atoms with Gasteiger partial charge in [0.1, 0.15) is 23.9 Å². The van der Waals surface area contributed by atoms with Crippen molar-refractivity contribution in [1.82, 2.24) is 9.97 Å². The van der Waals surface area contributed by atoms with Crippen molar-refractivity contribution >= 4 is 50.2 Å². The second-order valence-electron chi connectivity index (χ2n) is 7.41. The summed E-state index contributed by atoms with van der Waals surface area (Å²) < 4.78 is 44.7. The Balaban J connectivity index is 1.57. The zero-order chi connectivity index (χ0) is 25.0. The Morgan fingerprint density at radius 3 is 2.74 bits per heavy atom. The average Bonchev–Trinajstić information content (AvgIpc) is 3.26. The number of carbonyl (C=O) groups is 1. The Morgan fingerprint density at radius 2 is 1.97 bits per heavy atom. The van der Waals surface area contributed by atoms with Crippen LogP contribution in [-0.2, 0) is 16.6 Å². The molecule has 8 nitrogen and oxygen atoms in total. The summed E-state index contributed by atoms with van der Waals surface area (Å²) in [4.78, 5) is 21.3. The molecule has 4 aromatic rings. The number of nitrogens with zero attached hydrogens (tertiary/aromatic N) is 2. The van der Waals surface area contributed by atoms with Crippen molar-refractivity contribution in [2.45, 2.75) is 6.61 Å². The molecule has 2 N–H and O–H groups in total. The summed E-state index contributed by atoms with van der Waals surface area (Å²) in [6.07, 6.45) is 5.20. The molecule has 12 heteroatoms. The highest BCUT2D eigenvalue weighted by molar-refractivity contribution is 7.92. The number of halogens is 2. The first-order valence-electron chi connectivity index (χ1n) is 10.0. The zero-order valence-corrected chi connectivity index (χ0v) is 20.5. The van der Waals surface area contributed by atoms with E-state index in [9.17, 15) is 17.6 Å². The lowest BCUT2D eigenvalue weighted by Gasteiger charge is -2.12. The molecule has 180 valence electrons. The predicted molar refractivity (Wildman–Crippen MR) is 134 cm³/mol. The number of pyridine rings is 2. The first-order valence-corrected chi connectivity index (χ1v) is 13.2. The summed E-state index contributed by atoms with van der Waals surface area (Å²) in [6, 6.07) is 9.11. The summed E-state index contributed by atoms with van der Waals surface area (Å²) in [7, 11) is -3.52. The van der Waals surface area contributed by atoms with Crippen LogP contribution in [0.15, 0.2) is 65.7 Å². The molecule has 0 saturated carbocycles. The van der Waals surface area contributed by atoms with Crippen molar-refractivity contribution in [2.24, 2.45) is 0 Å². The molecule has 0 aliphatic heterocycles. The van der Waals surface area contributed by atoms with Crippen molar-refractivity contribution in [3.05, 3.63) is 87.7 Å². The van der Waals surface area contributed by atoms with Crippen LogP contribution in [0.25, 0.3) is 11.3 Å². The molecule has 0 aliphatic rings. The highest BCUT2D eigenvalue weighted by Gasteiger charge is 2.19. The molecule has 0 bridgehead atoms. The molecule has 3 aromatic heterocycles. The SMILES string of the molecule is CS(=O)(=O)Nc1cc(Cl)cc(NC(=O)c2cscc2-c2ncccc2OCc2cncc(F)c2)c1. The number of nitrogens with one attached hydrogen (secondary N) is 2. The van der Waals surface area contributed by atoms with Crippen LogP contribution in [-0.4, -0.2) is 30.5 Å². The number of anilines is 2. The minimum Gasteiger partial charge on any atom is -0.487 e. The van der Waals surface area contributed by atoms with Gasteiger partial charge in [-0.3, -0.25) is 19.5 Å². The molecule has 3 heterocycles. The molecule has 0 unspecified atom stereocenters. The highest BCUT2D eigenvalue weighted by Crippen LogP contribution is 2.34. The van der Waals surface area contributed by atoms with E-state index in [0.29, 0.717) is 33.8 Å². The molecule has 1 aromatic carbocycles. The fraction of sp³-hybridized carbons (Fsp3) is 0.0870. The predicted octanol–water partition coefficient (Wildman–Crippen LogP) is 5.20. The summed E-state index contributed by atoms with van der Waals surface area (Å²) in [5.41, 5.74) is 2.38. The van der Waals surface area contributed by atoms with Gasteiger partial charge >= 0.3 is 0 Å². The third-order valence-corrected chi connectivity index (χ3v) is 6.12. The van der Waals surface area contributed by atoms with Gasteiger partial charge in [0.2, 0.25) is 10.0 Å². The molecule has 0 aliphatic carbocycles. The molecule has 0 fully saturated rings. The van der Waals surface area contributed by atoms with E-state index >= 15 is 0 Å². The Morgan fingerprint density at radius 1 is 1.17 bits per heavy atom. The third kappa shape index (κ3) is 6.53. The number of aromatic nitrogens is 2. The molecule has 35 heavy (non-hydrogen) atoms. The van der Waals surface area contributed by atoms with Crippen LogP contribution in [0.4, 0.5) is 15.8 Å². The minimum absolute atomic E-state index is 0.0632. The van der Waals surface area contributed by atoms with Gasteiger partial charge in [0.05, 0.1) is 23.7 Å². The van der Waals surface area contributed by atoms with Gasteiger partial charge in [-0.05, 0) is 36.4 Å². The molecule has 0 radical (unpaired) electrons. The molecular weight excluding hydrogens is 515 g/mol. The van der Waals surface area contributed by atoms with E-state index in [2.05, 4.69) is 20.0 Å². The number of benzene rings is 1. The van der Waals surface area contributed by atoms with E-state index in [1.54, 1.807) is 29.1 Å². The van der Waals surface area contributed by atoms with Crippen molar-refractivity contribution in [3.8, 4) is 17.0 Å². The first kappa shape index (κ1) is 24.6. The number of carbonyl (C=O) groups excluding carboxylic acids is 1. The van der Waals surface area contributed by atoms with Crippen LogP contribution >= 0.6 is 22.9 Å². The molecule has 0 saturated heterocycles. The van der Waals surface area contributed by atoms with Gasteiger partial charge in [-0.15, -0.1) is 0 Å². The molecule has 1 amide bonds. The first-order chi connectivity index (χ1) is 16.7. The third-order valence-electron chi connectivity index (χ3n) is 4.55. The second kappa shape index (κ2) is 10.4. The van der Waals surface area contributed by atoms with Crippen LogP contribution in [0.3, 0.4) is 0 Å². The fourth-order valence-corrected chi connectivity index (χ4v) is 4.79.